The van der Waals surface area contributed by atoms with Crippen LogP contribution in [0.4, 0.5) is 4.39 Å². The molecule has 0 spiro atoms. The Labute approximate surface area is 228 Å². The van der Waals surface area contributed by atoms with Crippen LogP contribution in [-0.2, 0) is 9.53 Å². The van der Waals surface area contributed by atoms with Crippen LogP contribution in [0.3, 0.4) is 0 Å². The largest absolute Gasteiger partial charge is 0.480 e. The first kappa shape index (κ1) is 29.3. The van der Waals surface area contributed by atoms with E-state index in [4.69, 9.17) is 10.5 Å². The maximum Gasteiger partial charge on any atom is 0.326 e. The molecule has 0 aromatic carbocycles. The summed E-state index contributed by atoms with van der Waals surface area (Å²) in [6.45, 7) is 9.08. The van der Waals surface area contributed by atoms with Crippen LogP contribution in [0.25, 0.3) is 0 Å². The number of alkyl halides is 1. The van der Waals surface area contributed by atoms with Gasteiger partial charge >= 0.3 is 5.97 Å². The first-order valence-corrected chi connectivity index (χ1v) is 15.1. The lowest BCUT2D eigenvalue weighted by molar-refractivity contribution is -0.139. The first-order chi connectivity index (χ1) is 18.4. The van der Waals surface area contributed by atoms with E-state index in [-0.39, 0.29) is 6.10 Å². The number of hydrogen-bond acceptors (Lipinski definition) is 5. The van der Waals surface area contributed by atoms with Crippen molar-refractivity contribution in [1.82, 2.24) is 10.2 Å². The number of nitrogens with one attached hydrogen (secondary N) is 1. The molecule has 0 amide bonds. The van der Waals surface area contributed by atoms with Crippen molar-refractivity contribution in [2.45, 2.75) is 109 Å². The molecule has 0 bridgehead atoms. The molecule has 4 atom stereocenters. The van der Waals surface area contributed by atoms with Crippen molar-refractivity contribution in [3.63, 3.8) is 0 Å². The number of halogens is 1. The third-order valence-corrected chi connectivity index (χ3v) is 9.27. The SMILES string of the molecule is CCO[C@H]1C[C@@H](CN2CCC(CCC3=C(CCN)NC(C(=O)O)CC3)CC2)CC(C)=C1C1=CC[C@H](F)CC1. The molecule has 1 fully saturated rings. The van der Waals surface area contributed by atoms with Crippen molar-refractivity contribution in [2.75, 3.05) is 32.8 Å². The van der Waals surface area contributed by atoms with Crippen LogP contribution >= 0.6 is 0 Å². The van der Waals surface area contributed by atoms with Crippen LogP contribution in [0, 0.1) is 11.8 Å². The predicted octanol–water partition coefficient (Wildman–Crippen LogP) is 5.50. The second-order valence-electron chi connectivity index (χ2n) is 12.0. The quantitative estimate of drug-likeness (QED) is 0.326. The fourth-order valence-electron chi connectivity index (χ4n) is 7.25. The van der Waals surface area contributed by atoms with E-state index in [0.29, 0.717) is 38.3 Å². The number of rotatable bonds is 11. The highest BCUT2D eigenvalue weighted by Gasteiger charge is 2.33. The second-order valence-corrected chi connectivity index (χ2v) is 12.0. The monoisotopic (exact) mass is 531 g/mol. The van der Waals surface area contributed by atoms with E-state index in [2.05, 4.69) is 30.1 Å². The highest BCUT2D eigenvalue weighted by atomic mass is 19.1. The van der Waals surface area contributed by atoms with E-state index in [0.717, 1.165) is 69.8 Å². The van der Waals surface area contributed by atoms with Crippen molar-refractivity contribution in [3.8, 4) is 0 Å². The molecule has 2 aliphatic heterocycles. The van der Waals surface area contributed by atoms with Gasteiger partial charge in [0.1, 0.15) is 12.2 Å². The summed E-state index contributed by atoms with van der Waals surface area (Å²) in [6.07, 6.45) is 12.8. The van der Waals surface area contributed by atoms with Crippen molar-refractivity contribution < 1.29 is 19.0 Å². The van der Waals surface area contributed by atoms with Gasteiger partial charge in [0.25, 0.3) is 0 Å². The molecule has 4 N–H and O–H groups in total. The zero-order chi connectivity index (χ0) is 27.1. The van der Waals surface area contributed by atoms with Gasteiger partial charge in [-0.3, -0.25) is 0 Å². The zero-order valence-corrected chi connectivity index (χ0v) is 23.7. The number of likely N-dealkylation sites (tertiary alicyclic amines) is 1. The molecule has 4 aliphatic rings. The average Bonchev–Trinajstić information content (AvgIpc) is 2.90. The molecule has 0 saturated carbocycles. The van der Waals surface area contributed by atoms with Crippen LogP contribution < -0.4 is 11.1 Å². The van der Waals surface area contributed by atoms with Gasteiger partial charge in [0.2, 0.25) is 0 Å². The Bertz CT molecular complexity index is 906. The Balaban J connectivity index is 1.27. The number of aliphatic carboxylic acids is 1. The number of ether oxygens (including phenoxy) is 1. The Kier molecular flexibility index (Phi) is 10.9. The van der Waals surface area contributed by atoms with Crippen LogP contribution in [0.15, 0.2) is 34.1 Å². The maximum atomic E-state index is 13.7. The number of hydrogen-bond donors (Lipinski definition) is 3. The topological polar surface area (TPSA) is 87.8 Å². The van der Waals surface area contributed by atoms with Crippen LogP contribution in [-0.4, -0.2) is 67.1 Å². The minimum Gasteiger partial charge on any atom is -0.480 e. The van der Waals surface area contributed by atoms with Gasteiger partial charge in [0.05, 0.1) is 6.10 Å². The molecule has 1 saturated heterocycles. The molecule has 0 aromatic rings. The lowest BCUT2D eigenvalue weighted by atomic mass is 9.76. The van der Waals surface area contributed by atoms with Crippen molar-refractivity contribution in [1.29, 1.82) is 0 Å². The van der Waals surface area contributed by atoms with Gasteiger partial charge in [-0.05, 0) is 134 Å². The summed E-state index contributed by atoms with van der Waals surface area (Å²) < 4.78 is 20.0. The molecule has 0 radical (unpaired) electrons. The van der Waals surface area contributed by atoms with Crippen molar-refractivity contribution in [2.24, 2.45) is 17.6 Å². The molecule has 4 rings (SSSR count). The average molecular weight is 532 g/mol. The summed E-state index contributed by atoms with van der Waals surface area (Å²) in [6, 6.07) is -0.470. The standard InChI is InChI=1S/C31H50FN3O3/c1-3-38-29-19-23(18-21(2)30(29)25-6-9-26(32)10-7-25)20-35-16-13-22(14-17-35)4-5-24-8-11-28(31(36)37)34-27(24)12-15-33/h6,22-23,26,28-29,34H,3-5,7-20,33H2,1-2H3,(H,36,37)/t23-,26-,28?,29-/m0/s1. The number of nitrogens with two attached hydrogens (primary N) is 1. The fraction of sp³-hybridized carbons (Fsp3) is 0.774. The Hall–Kier alpha value is -1.70. The summed E-state index contributed by atoms with van der Waals surface area (Å²) in [5.41, 5.74) is 12.5. The van der Waals surface area contributed by atoms with Gasteiger partial charge in [-0.25, -0.2) is 9.18 Å². The van der Waals surface area contributed by atoms with Crippen molar-refractivity contribution >= 4 is 5.97 Å². The summed E-state index contributed by atoms with van der Waals surface area (Å²) in [7, 11) is 0. The van der Waals surface area contributed by atoms with Gasteiger partial charge in [-0.1, -0.05) is 17.2 Å². The van der Waals surface area contributed by atoms with Crippen molar-refractivity contribution in [3.05, 3.63) is 34.1 Å². The number of carbonyl (C=O) groups is 1. The molecular formula is C31H50FN3O3. The van der Waals surface area contributed by atoms with E-state index in [1.807, 2.05) is 0 Å². The highest BCUT2D eigenvalue weighted by Crippen LogP contribution is 2.40. The van der Waals surface area contributed by atoms with Gasteiger partial charge in [-0.15, -0.1) is 0 Å². The number of carboxylic acids is 1. The Morgan fingerprint density at radius 1 is 1.18 bits per heavy atom. The Morgan fingerprint density at radius 3 is 2.63 bits per heavy atom. The summed E-state index contributed by atoms with van der Waals surface area (Å²) >= 11 is 0. The van der Waals surface area contributed by atoms with E-state index >= 15 is 0 Å². The summed E-state index contributed by atoms with van der Waals surface area (Å²) in [5.74, 6) is 0.590. The lowest BCUT2D eigenvalue weighted by Gasteiger charge is -2.39. The minimum atomic E-state index is -0.764. The second kappa shape index (κ2) is 14.1. The highest BCUT2D eigenvalue weighted by molar-refractivity contribution is 5.74. The van der Waals surface area contributed by atoms with Gasteiger partial charge < -0.3 is 25.8 Å². The third kappa shape index (κ3) is 7.70. The summed E-state index contributed by atoms with van der Waals surface area (Å²) in [5, 5.41) is 12.6. The molecule has 0 aromatic heterocycles. The molecule has 7 heteroatoms. The first-order valence-electron chi connectivity index (χ1n) is 15.1. The van der Waals surface area contributed by atoms with Gasteiger partial charge in [0, 0.05) is 18.8 Å². The fourth-order valence-corrected chi connectivity index (χ4v) is 7.25. The van der Waals surface area contributed by atoms with E-state index in [1.165, 1.54) is 41.6 Å². The van der Waals surface area contributed by atoms with Crippen LogP contribution in [0.5, 0.6) is 0 Å². The lowest BCUT2D eigenvalue weighted by Crippen LogP contribution is -2.40. The van der Waals surface area contributed by atoms with E-state index in [9.17, 15) is 14.3 Å². The normalized spacial score (nSPS) is 29.8. The van der Waals surface area contributed by atoms with E-state index in [1.54, 1.807) is 0 Å². The minimum absolute atomic E-state index is 0.152. The number of piperidine rings is 1. The molecule has 6 nitrogen and oxygen atoms in total. The molecule has 214 valence electrons. The number of allylic oxidation sites excluding steroid dienone is 3. The number of carboxylic acid groups (broad SMARTS) is 1. The smallest absolute Gasteiger partial charge is 0.326 e. The van der Waals surface area contributed by atoms with Gasteiger partial charge in [0.15, 0.2) is 0 Å². The zero-order valence-electron chi connectivity index (χ0n) is 23.7. The molecular weight excluding hydrogens is 481 g/mol. The van der Waals surface area contributed by atoms with Crippen LogP contribution in [0.1, 0.15) is 90.9 Å². The third-order valence-electron chi connectivity index (χ3n) is 9.27. The van der Waals surface area contributed by atoms with Gasteiger partial charge in [-0.2, -0.15) is 0 Å². The maximum absolute atomic E-state index is 13.7. The number of nitrogens with zero attached hydrogens (tertiary/aromatic N) is 1. The molecule has 38 heavy (non-hydrogen) atoms. The molecule has 2 aliphatic carbocycles. The molecule has 2 heterocycles. The van der Waals surface area contributed by atoms with E-state index < -0.39 is 18.2 Å². The predicted molar refractivity (Wildman–Crippen MR) is 151 cm³/mol. The summed E-state index contributed by atoms with van der Waals surface area (Å²) in [4.78, 5) is 14.1. The van der Waals surface area contributed by atoms with Crippen LogP contribution in [0.2, 0.25) is 0 Å². The molecule has 1 unspecified atom stereocenters. The Morgan fingerprint density at radius 2 is 1.97 bits per heavy atom.